The van der Waals surface area contributed by atoms with Gasteiger partial charge in [0, 0.05) is 24.5 Å². The van der Waals surface area contributed by atoms with Crippen LogP contribution in [-0.4, -0.2) is 34.8 Å². The number of hydrazine groups is 1. The highest BCUT2D eigenvalue weighted by Gasteiger charge is 2.27. The van der Waals surface area contributed by atoms with Gasteiger partial charge in [-0.25, -0.2) is 0 Å². The summed E-state index contributed by atoms with van der Waals surface area (Å²) in [6, 6.07) is 0. The number of nitrogens with zero attached hydrogens (tertiary/aromatic N) is 2. The van der Waals surface area contributed by atoms with Gasteiger partial charge in [0.15, 0.2) is 0 Å². The molecule has 0 amide bonds. The molecule has 14 heavy (non-hydrogen) atoms. The molecule has 0 fully saturated rings. The third-order valence-corrected chi connectivity index (χ3v) is 2.79. The Kier molecular flexibility index (Phi) is 2.50. The van der Waals surface area contributed by atoms with Crippen molar-refractivity contribution in [1.29, 1.82) is 0 Å². The maximum atomic E-state index is 9.13. The van der Waals surface area contributed by atoms with E-state index in [-0.39, 0.29) is 6.61 Å². The summed E-state index contributed by atoms with van der Waals surface area (Å²) in [4.78, 5) is 0. The van der Waals surface area contributed by atoms with Crippen LogP contribution in [0.5, 0.6) is 0 Å². The van der Waals surface area contributed by atoms with E-state index < -0.39 is 0 Å². The van der Waals surface area contributed by atoms with Crippen molar-refractivity contribution in [2.75, 3.05) is 19.7 Å². The van der Waals surface area contributed by atoms with Crippen molar-refractivity contribution in [3.8, 4) is 0 Å². The minimum atomic E-state index is 0.165. The van der Waals surface area contributed by atoms with Crippen molar-refractivity contribution in [2.24, 2.45) is 5.92 Å². The summed E-state index contributed by atoms with van der Waals surface area (Å²) < 4.78 is 0. The molecule has 0 aromatic rings. The Hall–Kier alpha value is -0.960. The Labute approximate surface area is 85.3 Å². The molecule has 0 unspecified atom stereocenters. The Morgan fingerprint density at radius 1 is 1.43 bits per heavy atom. The molecule has 3 rings (SSSR count). The Morgan fingerprint density at radius 2 is 2.14 bits per heavy atom. The summed E-state index contributed by atoms with van der Waals surface area (Å²) in [5, 5.41) is 13.5. The topological polar surface area (TPSA) is 26.7 Å². The van der Waals surface area contributed by atoms with Gasteiger partial charge in [-0.2, -0.15) is 0 Å². The van der Waals surface area contributed by atoms with Gasteiger partial charge in [-0.05, 0) is 17.9 Å². The predicted octanol–water partition coefficient (Wildman–Crippen LogP) is 1.34. The Bertz CT molecular complexity index is 281. The highest BCUT2D eigenvalue weighted by molar-refractivity contribution is 5.39. The van der Waals surface area contributed by atoms with Crippen LogP contribution in [0.2, 0.25) is 0 Å². The molecular weight excluding hydrogens is 176 g/mol. The summed E-state index contributed by atoms with van der Waals surface area (Å²) in [5.74, 6) is 0.729. The zero-order valence-corrected chi connectivity index (χ0v) is 8.90. The SMILES string of the molecule is CC(C)CCN1C=C(CO)C2=CN1C2. The van der Waals surface area contributed by atoms with E-state index in [1.54, 1.807) is 0 Å². The van der Waals surface area contributed by atoms with E-state index in [1.165, 1.54) is 12.0 Å². The van der Waals surface area contributed by atoms with E-state index in [9.17, 15) is 0 Å². The quantitative estimate of drug-likeness (QED) is 0.731. The maximum Gasteiger partial charge on any atom is 0.0700 e. The van der Waals surface area contributed by atoms with Crippen LogP contribution in [0, 0.1) is 5.92 Å². The van der Waals surface area contributed by atoms with Gasteiger partial charge >= 0.3 is 0 Å². The first-order valence-corrected chi connectivity index (χ1v) is 5.26. The summed E-state index contributed by atoms with van der Waals surface area (Å²) in [6.45, 7) is 6.66. The molecule has 0 aliphatic carbocycles. The maximum absolute atomic E-state index is 9.13. The first-order chi connectivity index (χ1) is 6.70. The highest BCUT2D eigenvalue weighted by atomic mass is 16.3. The first-order valence-electron chi connectivity index (χ1n) is 5.26. The van der Waals surface area contributed by atoms with Crippen molar-refractivity contribution < 1.29 is 5.11 Å². The molecule has 3 aliphatic heterocycles. The standard InChI is InChI=1S/C11H18N2O/c1-9(2)3-4-12-7-11(8-14)10-5-13(12)6-10/h5,7,9,14H,3-4,6,8H2,1-2H3. The second-order valence-corrected chi connectivity index (χ2v) is 4.41. The first kappa shape index (κ1) is 9.59. The summed E-state index contributed by atoms with van der Waals surface area (Å²) in [5.41, 5.74) is 2.37. The van der Waals surface area contributed by atoms with Gasteiger partial charge in [0.25, 0.3) is 0 Å². The minimum absolute atomic E-state index is 0.165. The number of hydrogen-bond donors (Lipinski definition) is 1. The van der Waals surface area contributed by atoms with E-state index in [1.807, 2.05) is 0 Å². The van der Waals surface area contributed by atoms with Crippen molar-refractivity contribution in [3.63, 3.8) is 0 Å². The number of hydrogen-bond acceptors (Lipinski definition) is 3. The average Bonchev–Trinajstić information content (AvgIpc) is 2.12. The second kappa shape index (κ2) is 3.65. The van der Waals surface area contributed by atoms with E-state index in [0.717, 1.165) is 24.6 Å². The Balaban J connectivity index is 1.94. The molecule has 1 N–H and O–H groups in total. The monoisotopic (exact) mass is 194 g/mol. The third-order valence-electron chi connectivity index (χ3n) is 2.79. The molecule has 78 valence electrons. The number of fused-ring (bicyclic) bond motifs is 1. The molecule has 2 bridgehead atoms. The van der Waals surface area contributed by atoms with Gasteiger partial charge < -0.3 is 5.11 Å². The van der Waals surface area contributed by atoms with Gasteiger partial charge in [0.2, 0.25) is 0 Å². The lowest BCUT2D eigenvalue weighted by Gasteiger charge is -2.45. The lowest BCUT2D eigenvalue weighted by atomic mass is 10.0. The molecule has 0 saturated carbocycles. The van der Waals surface area contributed by atoms with E-state index in [4.69, 9.17) is 5.11 Å². The minimum Gasteiger partial charge on any atom is -0.392 e. The predicted molar refractivity (Wildman–Crippen MR) is 56.1 cm³/mol. The van der Waals surface area contributed by atoms with Crippen molar-refractivity contribution in [2.45, 2.75) is 20.3 Å². The lowest BCUT2D eigenvalue weighted by Crippen LogP contribution is -2.47. The number of aliphatic hydroxyl groups excluding tert-OH is 1. The van der Waals surface area contributed by atoms with Crippen LogP contribution < -0.4 is 0 Å². The van der Waals surface area contributed by atoms with Crippen LogP contribution in [0.25, 0.3) is 0 Å². The van der Waals surface area contributed by atoms with Crippen LogP contribution in [0.4, 0.5) is 0 Å². The van der Waals surface area contributed by atoms with E-state index in [0.29, 0.717) is 0 Å². The van der Waals surface area contributed by atoms with Crippen LogP contribution in [0.3, 0.4) is 0 Å². The molecule has 3 nitrogen and oxygen atoms in total. The highest BCUT2D eigenvalue weighted by Crippen LogP contribution is 2.29. The molecular formula is C11H18N2O. The summed E-state index contributed by atoms with van der Waals surface area (Å²) in [7, 11) is 0. The third kappa shape index (κ3) is 1.64. The number of rotatable bonds is 4. The van der Waals surface area contributed by atoms with Crippen LogP contribution in [0.15, 0.2) is 23.5 Å². The molecule has 0 aromatic carbocycles. The molecule has 3 aliphatic rings. The molecule has 0 radical (unpaired) electrons. The zero-order chi connectivity index (χ0) is 10.1. The molecule has 0 atom stereocenters. The average molecular weight is 194 g/mol. The van der Waals surface area contributed by atoms with Crippen molar-refractivity contribution in [1.82, 2.24) is 10.0 Å². The zero-order valence-electron chi connectivity index (χ0n) is 8.90. The van der Waals surface area contributed by atoms with Gasteiger partial charge in [-0.1, -0.05) is 13.8 Å². The van der Waals surface area contributed by atoms with Crippen molar-refractivity contribution in [3.05, 3.63) is 23.5 Å². The summed E-state index contributed by atoms with van der Waals surface area (Å²) >= 11 is 0. The summed E-state index contributed by atoms with van der Waals surface area (Å²) in [6.07, 6.45) is 5.38. The number of aliphatic hydroxyl groups is 1. The van der Waals surface area contributed by atoms with E-state index in [2.05, 4.69) is 36.3 Å². The van der Waals surface area contributed by atoms with Gasteiger partial charge in [-0.3, -0.25) is 10.0 Å². The molecule has 0 saturated heterocycles. The van der Waals surface area contributed by atoms with Gasteiger partial charge in [0.1, 0.15) is 0 Å². The lowest BCUT2D eigenvalue weighted by molar-refractivity contribution is 0.0456. The Morgan fingerprint density at radius 3 is 2.71 bits per heavy atom. The molecule has 3 heteroatoms. The van der Waals surface area contributed by atoms with E-state index >= 15 is 0 Å². The molecule has 3 heterocycles. The fourth-order valence-corrected chi connectivity index (χ4v) is 1.74. The van der Waals surface area contributed by atoms with Crippen LogP contribution in [0.1, 0.15) is 20.3 Å². The van der Waals surface area contributed by atoms with Crippen LogP contribution in [-0.2, 0) is 0 Å². The van der Waals surface area contributed by atoms with Crippen molar-refractivity contribution >= 4 is 0 Å². The molecule has 0 aromatic heterocycles. The van der Waals surface area contributed by atoms with Gasteiger partial charge in [-0.15, -0.1) is 0 Å². The second-order valence-electron chi connectivity index (χ2n) is 4.41. The van der Waals surface area contributed by atoms with Crippen LogP contribution >= 0.6 is 0 Å². The molecule has 0 spiro atoms. The largest absolute Gasteiger partial charge is 0.392 e. The smallest absolute Gasteiger partial charge is 0.0700 e. The normalized spacial score (nSPS) is 19.4. The fourth-order valence-electron chi connectivity index (χ4n) is 1.74. The fraction of sp³-hybridized carbons (Fsp3) is 0.636. The van der Waals surface area contributed by atoms with Gasteiger partial charge in [0.05, 0.1) is 13.2 Å².